The van der Waals surface area contributed by atoms with E-state index in [1.165, 1.54) is 24.3 Å². The summed E-state index contributed by atoms with van der Waals surface area (Å²) >= 11 is 3.27. The summed E-state index contributed by atoms with van der Waals surface area (Å²) in [6.45, 7) is 5.94. The summed E-state index contributed by atoms with van der Waals surface area (Å²) < 4.78 is 37.1. The number of nitrogens with zero attached hydrogens (tertiary/aromatic N) is 1. The molecule has 2 heterocycles. The van der Waals surface area contributed by atoms with Crippen LogP contribution in [0.5, 0.6) is 0 Å². The third-order valence-electron chi connectivity index (χ3n) is 4.77. The molecule has 0 spiro atoms. The predicted molar refractivity (Wildman–Crippen MR) is 115 cm³/mol. The van der Waals surface area contributed by atoms with Gasteiger partial charge >= 0.3 is 0 Å². The molecule has 0 saturated carbocycles. The average Bonchev–Trinajstić information content (AvgIpc) is 3.44. The number of benzene rings is 1. The highest BCUT2D eigenvalue weighted by Crippen LogP contribution is 2.25. The molecule has 1 aromatic carbocycles. The molecular formula is C21H23BrN2O5S. The Morgan fingerprint density at radius 2 is 1.80 bits per heavy atom. The largest absolute Gasteiger partial charge is 0.468 e. The van der Waals surface area contributed by atoms with Crippen LogP contribution in [0.3, 0.4) is 0 Å². The van der Waals surface area contributed by atoms with E-state index in [1.807, 2.05) is 19.9 Å². The first-order chi connectivity index (χ1) is 14.4. The monoisotopic (exact) mass is 494 g/mol. The predicted octanol–water partition coefficient (Wildman–Crippen LogP) is 4.28. The number of amides is 1. The number of nitrogens with one attached hydrogen (secondary N) is 1. The van der Waals surface area contributed by atoms with Gasteiger partial charge in [0.05, 0.1) is 17.2 Å². The van der Waals surface area contributed by atoms with Gasteiger partial charge in [0.15, 0.2) is 5.76 Å². The van der Waals surface area contributed by atoms with Crippen molar-refractivity contribution < 1.29 is 22.0 Å². The fourth-order valence-corrected chi connectivity index (χ4v) is 4.59. The summed E-state index contributed by atoms with van der Waals surface area (Å²) in [6.07, 6.45) is 1.60. The third-order valence-corrected chi connectivity index (χ3v) is 6.95. The van der Waals surface area contributed by atoms with Gasteiger partial charge in [-0.2, -0.15) is 0 Å². The van der Waals surface area contributed by atoms with Crippen molar-refractivity contribution >= 4 is 31.7 Å². The third kappa shape index (κ3) is 4.85. The van der Waals surface area contributed by atoms with Crippen LogP contribution < -0.4 is 5.32 Å². The Morgan fingerprint density at radius 3 is 2.40 bits per heavy atom. The molecular weight excluding hydrogens is 472 g/mol. The molecule has 30 heavy (non-hydrogen) atoms. The van der Waals surface area contributed by atoms with Gasteiger partial charge in [-0.15, -0.1) is 0 Å². The van der Waals surface area contributed by atoms with Crippen LogP contribution in [-0.2, 0) is 9.84 Å². The van der Waals surface area contributed by atoms with Crippen LogP contribution in [0.4, 0.5) is 0 Å². The molecule has 1 atom stereocenters. The molecule has 160 valence electrons. The number of likely N-dealkylation sites (N-methyl/N-ethyl adjacent to an activating group) is 1. The second kappa shape index (κ2) is 9.63. The van der Waals surface area contributed by atoms with Gasteiger partial charge < -0.3 is 14.2 Å². The van der Waals surface area contributed by atoms with E-state index in [2.05, 4.69) is 26.1 Å². The highest BCUT2D eigenvalue weighted by Gasteiger charge is 2.25. The summed E-state index contributed by atoms with van der Waals surface area (Å²) in [4.78, 5) is 14.8. The summed E-state index contributed by atoms with van der Waals surface area (Å²) in [5.74, 6) is 0.191. The quantitative estimate of drug-likeness (QED) is 0.477. The maximum Gasteiger partial charge on any atom is 0.287 e. The minimum absolute atomic E-state index is 0.0663. The fraction of sp³-hybridized carbons (Fsp3) is 0.286. The normalized spacial score (nSPS) is 12.8. The maximum absolute atomic E-state index is 12.7. The lowest BCUT2D eigenvalue weighted by Gasteiger charge is -2.28. The highest BCUT2D eigenvalue weighted by atomic mass is 79.9. The smallest absolute Gasteiger partial charge is 0.287 e. The van der Waals surface area contributed by atoms with Crippen LogP contribution in [-0.4, -0.2) is 38.9 Å². The Morgan fingerprint density at radius 1 is 1.10 bits per heavy atom. The van der Waals surface area contributed by atoms with Gasteiger partial charge in [-0.05, 0) is 61.6 Å². The van der Waals surface area contributed by atoms with Crippen molar-refractivity contribution in [1.82, 2.24) is 10.2 Å². The Balaban J connectivity index is 1.73. The zero-order valence-electron chi connectivity index (χ0n) is 16.7. The first-order valence-electron chi connectivity index (χ1n) is 9.53. The molecule has 1 N–H and O–H groups in total. The van der Waals surface area contributed by atoms with E-state index in [9.17, 15) is 13.2 Å². The van der Waals surface area contributed by atoms with Crippen molar-refractivity contribution in [3.8, 4) is 0 Å². The van der Waals surface area contributed by atoms with E-state index in [4.69, 9.17) is 8.83 Å². The first kappa shape index (κ1) is 22.3. The topological polar surface area (TPSA) is 92.8 Å². The van der Waals surface area contributed by atoms with Crippen molar-refractivity contribution in [1.29, 1.82) is 0 Å². The van der Waals surface area contributed by atoms with Crippen LogP contribution >= 0.6 is 15.9 Å². The lowest BCUT2D eigenvalue weighted by atomic mass is 10.2. The number of furan rings is 2. The van der Waals surface area contributed by atoms with Crippen molar-refractivity contribution in [3.63, 3.8) is 0 Å². The summed E-state index contributed by atoms with van der Waals surface area (Å²) in [5, 5.41) is 2.54. The number of hydrogen-bond donors (Lipinski definition) is 1. The minimum Gasteiger partial charge on any atom is -0.468 e. The number of carbonyl (C=O) groups excluding carboxylic acids is 1. The van der Waals surface area contributed by atoms with Gasteiger partial charge in [0.25, 0.3) is 5.91 Å². The molecule has 9 heteroatoms. The fourth-order valence-electron chi connectivity index (χ4n) is 3.15. The zero-order valence-corrected chi connectivity index (χ0v) is 19.1. The number of hydrogen-bond acceptors (Lipinski definition) is 6. The molecule has 3 aromatic rings. The molecule has 0 fully saturated rings. The van der Waals surface area contributed by atoms with Crippen LogP contribution in [0.15, 0.2) is 78.1 Å². The first-order valence-corrected chi connectivity index (χ1v) is 11.8. The molecule has 0 aliphatic rings. The van der Waals surface area contributed by atoms with Gasteiger partial charge in [-0.3, -0.25) is 9.69 Å². The Bertz CT molecular complexity index is 1070. The van der Waals surface area contributed by atoms with Gasteiger partial charge in [-0.1, -0.05) is 29.8 Å². The van der Waals surface area contributed by atoms with E-state index in [-0.39, 0.29) is 21.8 Å². The standard InChI is InChI=1S/C21H23BrN2O5S/c1-3-24(4-2)17(18-6-5-13-28-18)14-23-21(25)19-11-12-20(29-19)30(26,27)16-9-7-15(22)8-10-16/h5-13,17H,3-4,14H2,1-2H3,(H,23,25). The van der Waals surface area contributed by atoms with E-state index in [0.717, 1.165) is 23.3 Å². The maximum atomic E-state index is 12.7. The number of sulfone groups is 1. The molecule has 0 aliphatic heterocycles. The molecule has 7 nitrogen and oxygen atoms in total. The highest BCUT2D eigenvalue weighted by molar-refractivity contribution is 9.10. The van der Waals surface area contributed by atoms with Crippen LogP contribution in [0.25, 0.3) is 0 Å². The lowest BCUT2D eigenvalue weighted by Crippen LogP contribution is -2.37. The van der Waals surface area contributed by atoms with Crippen molar-refractivity contribution in [2.24, 2.45) is 0 Å². The zero-order chi connectivity index (χ0) is 21.7. The van der Waals surface area contributed by atoms with Gasteiger partial charge in [0.1, 0.15) is 5.76 Å². The molecule has 0 bridgehead atoms. The second-order valence-corrected chi connectivity index (χ2v) is 9.33. The molecule has 2 aromatic heterocycles. The summed E-state index contributed by atoms with van der Waals surface area (Å²) in [5.41, 5.74) is 0. The Kier molecular flexibility index (Phi) is 7.17. The molecule has 1 amide bonds. The van der Waals surface area contributed by atoms with Crippen LogP contribution in [0.2, 0.25) is 0 Å². The lowest BCUT2D eigenvalue weighted by molar-refractivity contribution is 0.0897. The summed E-state index contributed by atoms with van der Waals surface area (Å²) in [6, 6.07) is 12.4. The molecule has 0 aliphatic carbocycles. The number of rotatable bonds is 9. The minimum atomic E-state index is -3.85. The molecule has 0 radical (unpaired) electrons. The van der Waals surface area contributed by atoms with Gasteiger partial charge in [0.2, 0.25) is 14.9 Å². The number of carbonyl (C=O) groups is 1. The van der Waals surface area contributed by atoms with Gasteiger partial charge in [0, 0.05) is 11.0 Å². The Hall–Kier alpha value is -2.36. The van der Waals surface area contributed by atoms with E-state index in [0.29, 0.717) is 6.54 Å². The van der Waals surface area contributed by atoms with E-state index < -0.39 is 15.7 Å². The van der Waals surface area contributed by atoms with Crippen molar-refractivity contribution in [2.45, 2.75) is 29.9 Å². The van der Waals surface area contributed by atoms with Gasteiger partial charge in [-0.25, -0.2) is 8.42 Å². The van der Waals surface area contributed by atoms with Crippen LogP contribution in [0, 0.1) is 0 Å². The van der Waals surface area contributed by atoms with E-state index >= 15 is 0 Å². The van der Waals surface area contributed by atoms with E-state index in [1.54, 1.807) is 24.5 Å². The molecule has 3 rings (SSSR count). The van der Waals surface area contributed by atoms with Crippen LogP contribution in [0.1, 0.15) is 36.2 Å². The number of halogens is 1. The average molecular weight is 495 g/mol. The molecule has 0 saturated heterocycles. The summed E-state index contributed by atoms with van der Waals surface area (Å²) in [7, 11) is -3.85. The van der Waals surface area contributed by atoms with Crippen molar-refractivity contribution in [2.75, 3.05) is 19.6 Å². The Labute approximate surface area is 184 Å². The second-order valence-electron chi connectivity index (χ2n) is 6.54. The molecule has 1 unspecified atom stereocenters. The van der Waals surface area contributed by atoms with Crippen molar-refractivity contribution in [3.05, 3.63) is 70.8 Å². The SMILES string of the molecule is CCN(CC)C(CNC(=O)c1ccc(S(=O)(=O)c2ccc(Br)cc2)o1)c1ccco1.